The lowest BCUT2D eigenvalue weighted by Gasteiger charge is -2.61. The van der Waals surface area contributed by atoms with Gasteiger partial charge in [-0.3, -0.25) is 4.79 Å². The molecule has 4 aliphatic carbocycles. The van der Waals surface area contributed by atoms with Crippen molar-refractivity contribution in [2.75, 3.05) is 60.4 Å². The predicted molar refractivity (Wildman–Crippen MR) is 165 cm³/mol. The minimum atomic E-state index is -0.0381. The van der Waals surface area contributed by atoms with Crippen molar-refractivity contribution in [2.45, 2.75) is 116 Å². The largest absolute Gasteiger partial charge is 0.393 e. The highest BCUT2D eigenvalue weighted by atomic mass is 16.3. The molecule has 2 N–H and O–H groups in total. The van der Waals surface area contributed by atoms with E-state index in [0.29, 0.717) is 23.2 Å². The summed E-state index contributed by atoms with van der Waals surface area (Å²) in [6.45, 7) is 12.1. The standard InChI is InChI=1S/C35H64N3O2/c1-27(9-12-33(40)36-20-7-21-38(5)24-22-37(3,4)23-25-38)13-18-35-16-6-8-32(35)30-11-10-28-26-29(39)14-17-34(28,2)31(30)15-19-35/h27-32,39H,6-26H2,1-5H3/q+1/p+1/t27?,28-,29-,30-,31+,32+,34+,35-/m1/s1. The van der Waals surface area contributed by atoms with Crippen LogP contribution in [0.2, 0.25) is 0 Å². The van der Waals surface area contributed by atoms with Crippen LogP contribution >= 0.6 is 0 Å². The van der Waals surface area contributed by atoms with Crippen molar-refractivity contribution < 1.29 is 18.9 Å². The van der Waals surface area contributed by atoms with Crippen LogP contribution in [0.1, 0.15) is 110 Å². The fraction of sp³-hybridized carbons (Fsp3) is 0.971. The molecular formula is C35H65N3O2+2. The molecular weight excluding hydrogens is 494 g/mol. The maximum Gasteiger partial charge on any atom is 0.220 e. The number of hydrogen-bond acceptors (Lipinski definition) is 2. The van der Waals surface area contributed by atoms with Crippen LogP contribution in [0.4, 0.5) is 0 Å². The highest BCUT2D eigenvalue weighted by Gasteiger charge is 2.58. The molecule has 8 atom stereocenters. The zero-order valence-corrected chi connectivity index (χ0v) is 27.1. The highest BCUT2D eigenvalue weighted by Crippen LogP contribution is 2.67. The number of nitrogens with one attached hydrogen (secondary N) is 1. The third-order valence-corrected chi connectivity index (χ3v) is 13.9. The van der Waals surface area contributed by atoms with E-state index in [0.717, 1.165) is 60.4 Å². The van der Waals surface area contributed by atoms with Crippen LogP contribution in [0.3, 0.4) is 0 Å². The van der Waals surface area contributed by atoms with Crippen LogP contribution in [-0.2, 0) is 4.79 Å². The van der Waals surface area contributed by atoms with Gasteiger partial charge in [0.2, 0.25) is 5.91 Å². The van der Waals surface area contributed by atoms with Gasteiger partial charge in [-0.1, -0.05) is 26.7 Å². The van der Waals surface area contributed by atoms with Crippen LogP contribution in [0, 0.1) is 40.4 Å². The van der Waals surface area contributed by atoms with Crippen LogP contribution in [-0.4, -0.2) is 86.5 Å². The molecule has 5 heteroatoms. The van der Waals surface area contributed by atoms with E-state index in [1.807, 2.05) is 0 Å². The van der Waals surface area contributed by atoms with Gasteiger partial charge in [0.1, 0.15) is 26.2 Å². The Morgan fingerprint density at radius 2 is 1.73 bits per heavy atom. The number of aliphatic hydroxyl groups excluding tert-OH is 1. The number of likely N-dealkylation sites (N-methyl/N-ethyl adjacent to an activating group) is 2. The summed E-state index contributed by atoms with van der Waals surface area (Å²) in [6, 6.07) is 0. The summed E-state index contributed by atoms with van der Waals surface area (Å²) in [7, 11) is 7.09. The molecule has 0 radical (unpaired) electrons. The van der Waals surface area contributed by atoms with Gasteiger partial charge in [0.05, 0.1) is 33.8 Å². The van der Waals surface area contributed by atoms with Crippen LogP contribution in [0.15, 0.2) is 0 Å². The van der Waals surface area contributed by atoms with Crippen molar-refractivity contribution in [2.24, 2.45) is 40.4 Å². The number of carbonyl (C=O) groups is 1. The Balaban J connectivity index is 1.03. The normalized spacial score (nSPS) is 40.9. The zero-order chi connectivity index (χ0) is 28.6. The summed E-state index contributed by atoms with van der Waals surface area (Å²) in [5, 5.41) is 13.6. The Hall–Kier alpha value is -0.650. The second kappa shape index (κ2) is 12.2. The van der Waals surface area contributed by atoms with Gasteiger partial charge < -0.3 is 19.4 Å². The first-order valence-electron chi connectivity index (χ1n) is 17.5. The summed E-state index contributed by atoms with van der Waals surface area (Å²) >= 11 is 0. The Labute approximate surface area is 247 Å². The lowest BCUT2D eigenvalue weighted by Crippen LogP contribution is -2.62. The molecule has 1 amide bonds. The highest BCUT2D eigenvalue weighted by molar-refractivity contribution is 5.75. The summed E-state index contributed by atoms with van der Waals surface area (Å²) in [4.78, 5) is 12.6. The summed E-state index contributed by atoms with van der Waals surface area (Å²) in [5.41, 5.74) is 1.08. The van der Waals surface area contributed by atoms with Gasteiger partial charge in [-0.25, -0.2) is 0 Å². The van der Waals surface area contributed by atoms with Gasteiger partial charge in [0.25, 0.3) is 0 Å². The number of nitrogens with zero attached hydrogens (tertiary/aromatic N) is 2. The number of amides is 1. The SMILES string of the molecule is CC(CCC(=O)NCCC[N+]1(C)CC[N+](C)(C)CC1)CC[C@@]12CCC[C@H]1[C@@H]1CC[C@@H]3C[C@H](O)CC[C@]3(C)[C@H]1CC2. The van der Waals surface area contributed by atoms with Gasteiger partial charge in [-0.15, -0.1) is 0 Å². The molecule has 0 bridgehead atoms. The molecule has 0 aromatic rings. The van der Waals surface area contributed by atoms with Crippen molar-refractivity contribution in [3.05, 3.63) is 0 Å². The fourth-order valence-corrected chi connectivity index (χ4v) is 10.8. The van der Waals surface area contributed by atoms with E-state index >= 15 is 0 Å². The monoisotopic (exact) mass is 560 g/mol. The molecule has 5 rings (SSSR count). The molecule has 5 fully saturated rings. The molecule has 1 unspecified atom stereocenters. The predicted octanol–water partition coefficient (Wildman–Crippen LogP) is 6.00. The fourth-order valence-electron chi connectivity index (χ4n) is 10.8. The second-order valence-corrected chi connectivity index (χ2v) is 16.9. The van der Waals surface area contributed by atoms with Crippen molar-refractivity contribution in [3.8, 4) is 0 Å². The first-order chi connectivity index (χ1) is 18.9. The van der Waals surface area contributed by atoms with Crippen LogP contribution in [0.5, 0.6) is 0 Å². The molecule has 5 aliphatic rings. The second-order valence-electron chi connectivity index (χ2n) is 16.9. The molecule has 0 spiro atoms. The first-order valence-corrected chi connectivity index (χ1v) is 17.5. The van der Waals surface area contributed by atoms with Gasteiger partial charge in [0, 0.05) is 19.4 Å². The minimum Gasteiger partial charge on any atom is -0.393 e. The molecule has 5 nitrogen and oxygen atoms in total. The average Bonchev–Trinajstić information content (AvgIpc) is 3.36. The van der Waals surface area contributed by atoms with E-state index in [2.05, 4.69) is 40.3 Å². The minimum absolute atomic E-state index is 0.0381. The average molecular weight is 560 g/mol. The Kier molecular flexibility index (Phi) is 9.36. The molecule has 1 aliphatic heterocycles. The number of quaternary nitrogens is 2. The molecule has 0 aromatic heterocycles. The lowest BCUT2D eigenvalue weighted by molar-refractivity contribution is -1.01. The molecule has 230 valence electrons. The van der Waals surface area contributed by atoms with E-state index in [1.165, 1.54) is 101 Å². The smallest absolute Gasteiger partial charge is 0.220 e. The number of fused-ring (bicyclic) bond motifs is 5. The topological polar surface area (TPSA) is 49.3 Å². The molecule has 1 saturated heterocycles. The summed E-state index contributed by atoms with van der Waals surface area (Å²) in [5.74, 6) is 4.47. The number of piperazine rings is 1. The third kappa shape index (κ3) is 6.62. The van der Waals surface area contributed by atoms with E-state index in [-0.39, 0.29) is 12.0 Å². The molecule has 0 aromatic carbocycles. The van der Waals surface area contributed by atoms with E-state index in [1.54, 1.807) is 0 Å². The maximum atomic E-state index is 12.6. The van der Waals surface area contributed by atoms with Crippen molar-refractivity contribution in [1.29, 1.82) is 0 Å². The molecule has 1 heterocycles. The summed E-state index contributed by atoms with van der Waals surface area (Å²) in [6.07, 6.45) is 18.9. The van der Waals surface area contributed by atoms with E-state index < -0.39 is 0 Å². The van der Waals surface area contributed by atoms with Gasteiger partial charge in [-0.05, 0) is 111 Å². The lowest BCUT2D eigenvalue weighted by atomic mass is 9.44. The van der Waals surface area contributed by atoms with E-state index in [9.17, 15) is 9.90 Å². The summed E-state index contributed by atoms with van der Waals surface area (Å²) < 4.78 is 2.32. The zero-order valence-electron chi connectivity index (χ0n) is 27.1. The number of aliphatic hydroxyl groups is 1. The Morgan fingerprint density at radius 1 is 0.950 bits per heavy atom. The van der Waals surface area contributed by atoms with Crippen LogP contribution < -0.4 is 5.32 Å². The van der Waals surface area contributed by atoms with Crippen molar-refractivity contribution in [3.63, 3.8) is 0 Å². The quantitative estimate of drug-likeness (QED) is 0.255. The van der Waals surface area contributed by atoms with E-state index in [4.69, 9.17) is 0 Å². The van der Waals surface area contributed by atoms with Gasteiger partial charge in [-0.2, -0.15) is 0 Å². The molecule has 4 saturated carbocycles. The van der Waals surface area contributed by atoms with Crippen LogP contribution in [0.25, 0.3) is 0 Å². The van der Waals surface area contributed by atoms with Gasteiger partial charge in [0.15, 0.2) is 0 Å². The number of hydrogen-bond donors (Lipinski definition) is 2. The first kappa shape index (κ1) is 30.8. The third-order valence-electron chi connectivity index (χ3n) is 13.9. The number of rotatable bonds is 10. The Bertz CT molecular complexity index is 865. The van der Waals surface area contributed by atoms with Crippen molar-refractivity contribution >= 4 is 5.91 Å². The molecule has 40 heavy (non-hydrogen) atoms. The van der Waals surface area contributed by atoms with Crippen molar-refractivity contribution in [1.82, 2.24) is 5.32 Å². The number of carbonyl (C=O) groups excluding carboxylic acids is 1. The maximum absolute atomic E-state index is 12.6. The Morgan fingerprint density at radius 3 is 2.50 bits per heavy atom. The van der Waals surface area contributed by atoms with Gasteiger partial charge >= 0.3 is 0 Å².